The first-order valence-corrected chi connectivity index (χ1v) is 6.35. The number of nitrogens with zero attached hydrogens (tertiary/aromatic N) is 3. The van der Waals surface area contributed by atoms with Gasteiger partial charge in [-0.05, 0) is 36.8 Å². The second-order valence-electron chi connectivity index (χ2n) is 4.48. The van der Waals surface area contributed by atoms with Gasteiger partial charge in [-0.3, -0.25) is 4.57 Å². The van der Waals surface area contributed by atoms with Gasteiger partial charge in [0.05, 0.1) is 6.54 Å². The second kappa shape index (κ2) is 4.55. The third-order valence-corrected chi connectivity index (χ3v) is 3.27. The summed E-state index contributed by atoms with van der Waals surface area (Å²) in [6, 6.07) is 11.6. The topological polar surface area (TPSA) is 56.7 Å². The third-order valence-electron chi connectivity index (χ3n) is 3.01. The van der Waals surface area contributed by atoms with Gasteiger partial charge in [-0.25, -0.2) is 9.97 Å². The molecule has 0 atom stereocenters. The van der Waals surface area contributed by atoms with Crippen LogP contribution in [0.1, 0.15) is 11.3 Å². The lowest BCUT2D eigenvalue weighted by atomic mass is 10.2. The highest BCUT2D eigenvalue weighted by atomic mass is 35.5. The first-order chi connectivity index (χ1) is 9.13. The minimum Gasteiger partial charge on any atom is -0.369 e. The zero-order chi connectivity index (χ0) is 13.4. The molecule has 19 heavy (non-hydrogen) atoms. The number of halogens is 1. The Balaban J connectivity index is 2.06. The van der Waals surface area contributed by atoms with Crippen molar-refractivity contribution >= 4 is 28.7 Å². The van der Waals surface area contributed by atoms with Crippen LogP contribution in [-0.4, -0.2) is 14.5 Å². The molecule has 0 fully saturated rings. The number of rotatable bonds is 2. The van der Waals surface area contributed by atoms with E-state index in [1.807, 2.05) is 47.9 Å². The quantitative estimate of drug-likeness (QED) is 0.780. The van der Waals surface area contributed by atoms with E-state index < -0.39 is 0 Å². The summed E-state index contributed by atoms with van der Waals surface area (Å²) in [5.74, 6) is 0.475. The molecule has 5 heteroatoms. The molecule has 3 aromatic rings. The summed E-state index contributed by atoms with van der Waals surface area (Å²) < 4.78 is 1.91. The SMILES string of the molecule is Cc1ccc2nc(N)n(Cc3ccc(Cl)cc3)c2n1. The largest absolute Gasteiger partial charge is 0.369 e. The van der Waals surface area contributed by atoms with Gasteiger partial charge in [0, 0.05) is 10.7 Å². The fourth-order valence-electron chi connectivity index (χ4n) is 2.04. The summed E-state index contributed by atoms with van der Waals surface area (Å²) in [7, 11) is 0. The first-order valence-electron chi connectivity index (χ1n) is 5.97. The molecule has 0 saturated heterocycles. The molecule has 3 rings (SSSR count). The minimum absolute atomic E-state index is 0.475. The van der Waals surface area contributed by atoms with Gasteiger partial charge in [0.1, 0.15) is 5.52 Å². The van der Waals surface area contributed by atoms with Gasteiger partial charge in [0.2, 0.25) is 5.95 Å². The number of nitrogen functional groups attached to an aromatic ring is 1. The predicted octanol–water partition coefficient (Wildman–Crippen LogP) is 3.02. The lowest BCUT2D eigenvalue weighted by molar-refractivity contribution is 0.826. The zero-order valence-electron chi connectivity index (χ0n) is 10.5. The molecule has 0 aliphatic rings. The molecule has 0 bridgehead atoms. The highest BCUT2D eigenvalue weighted by Crippen LogP contribution is 2.19. The van der Waals surface area contributed by atoms with Crippen LogP contribution in [0.5, 0.6) is 0 Å². The normalized spacial score (nSPS) is 11.1. The lowest BCUT2D eigenvalue weighted by Gasteiger charge is -2.06. The Morgan fingerprint density at radius 2 is 1.84 bits per heavy atom. The summed E-state index contributed by atoms with van der Waals surface area (Å²) in [4.78, 5) is 8.82. The summed E-state index contributed by atoms with van der Waals surface area (Å²) in [5, 5.41) is 0.723. The van der Waals surface area contributed by atoms with Crippen molar-refractivity contribution in [3.05, 3.63) is 52.7 Å². The van der Waals surface area contributed by atoms with Crippen molar-refractivity contribution in [2.45, 2.75) is 13.5 Å². The molecule has 0 radical (unpaired) electrons. The van der Waals surface area contributed by atoms with E-state index in [1.165, 1.54) is 0 Å². The maximum Gasteiger partial charge on any atom is 0.202 e. The molecule has 2 N–H and O–H groups in total. The molecule has 0 aliphatic carbocycles. The number of hydrogen-bond donors (Lipinski definition) is 1. The van der Waals surface area contributed by atoms with Gasteiger partial charge in [-0.15, -0.1) is 0 Å². The van der Waals surface area contributed by atoms with Gasteiger partial charge in [-0.2, -0.15) is 0 Å². The number of nitrogens with two attached hydrogens (primary N) is 1. The first kappa shape index (κ1) is 12.0. The van der Waals surface area contributed by atoms with Gasteiger partial charge >= 0.3 is 0 Å². The molecular formula is C14H13ClN4. The van der Waals surface area contributed by atoms with Crippen LogP contribution in [0.25, 0.3) is 11.2 Å². The standard InChI is InChI=1S/C14H13ClN4/c1-9-2-7-12-13(17-9)19(14(16)18-12)8-10-3-5-11(15)6-4-10/h2-7H,8H2,1H3,(H2,16,18). The van der Waals surface area contributed by atoms with Crippen LogP contribution >= 0.6 is 11.6 Å². The number of pyridine rings is 1. The molecule has 0 saturated carbocycles. The summed E-state index contributed by atoms with van der Waals surface area (Å²) >= 11 is 5.88. The Morgan fingerprint density at radius 1 is 1.11 bits per heavy atom. The highest BCUT2D eigenvalue weighted by molar-refractivity contribution is 6.30. The fourth-order valence-corrected chi connectivity index (χ4v) is 2.17. The molecule has 2 aromatic heterocycles. The van der Waals surface area contributed by atoms with E-state index in [0.717, 1.165) is 27.4 Å². The average molecular weight is 273 g/mol. The van der Waals surface area contributed by atoms with Gasteiger partial charge < -0.3 is 5.73 Å². The van der Waals surface area contributed by atoms with Crippen LogP contribution in [0.3, 0.4) is 0 Å². The second-order valence-corrected chi connectivity index (χ2v) is 4.91. The van der Waals surface area contributed by atoms with Gasteiger partial charge in [0.15, 0.2) is 5.65 Å². The highest BCUT2D eigenvalue weighted by Gasteiger charge is 2.09. The summed E-state index contributed by atoms with van der Waals surface area (Å²) in [5.41, 5.74) is 9.65. The number of aromatic nitrogens is 3. The van der Waals surface area contributed by atoms with E-state index in [0.29, 0.717) is 12.5 Å². The molecule has 2 heterocycles. The summed E-state index contributed by atoms with van der Waals surface area (Å²) in [6.07, 6.45) is 0. The number of benzene rings is 1. The van der Waals surface area contributed by atoms with Crippen molar-refractivity contribution in [3.8, 4) is 0 Å². The molecule has 0 spiro atoms. The van der Waals surface area contributed by atoms with Crippen LogP contribution in [0.2, 0.25) is 5.02 Å². The van der Waals surface area contributed by atoms with Gasteiger partial charge in [0.25, 0.3) is 0 Å². The Kier molecular flexibility index (Phi) is 2.87. The number of imidazole rings is 1. The molecule has 96 valence electrons. The molecule has 0 amide bonds. The van der Waals surface area contributed by atoms with E-state index >= 15 is 0 Å². The third kappa shape index (κ3) is 2.27. The van der Waals surface area contributed by atoms with Crippen molar-refractivity contribution in [1.29, 1.82) is 0 Å². The molecular weight excluding hydrogens is 260 g/mol. The molecule has 0 unspecified atom stereocenters. The Hall–Kier alpha value is -2.07. The van der Waals surface area contributed by atoms with Crippen LogP contribution in [-0.2, 0) is 6.54 Å². The maximum absolute atomic E-state index is 5.97. The monoisotopic (exact) mass is 272 g/mol. The molecule has 1 aromatic carbocycles. The van der Waals surface area contributed by atoms with E-state index in [-0.39, 0.29) is 0 Å². The van der Waals surface area contributed by atoms with Crippen molar-refractivity contribution in [2.24, 2.45) is 0 Å². The van der Waals surface area contributed by atoms with Crippen molar-refractivity contribution in [2.75, 3.05) is 5.73 Å². The lowest BCUT2D eigenvalue weighted by Crippen LogP contribution is -2.05. The van der Waals surface area contributed by atoms with Crippen LogP contribution in [0, 0.1) is 6.92 Å². The van der Waals surface area contributed by atoms with E-state index in [2.05, 4.69) is 9.97 Å². The van der Waals surface area contributed by atoms with E-state index in [9.17, 15) is 0 Å². The van der Waals surface area contributed by atoms with Crippen molar-refractivity contribution in [3.63, 3.8) is 0 Å². The van der Waals surface area contributed by atoms with Crippen LogP contribution in [0.15, 0.2) is 36.4 Å². The zero-order valence-corrected chi connectivity index (χ0v) is 11.2. The smallest absolute Gasteiger partial charge is 0.202 e. The Labute approximate surface area is 115 Å². The minimum atomic E-state index is 0.475. The Bertz CT molecular complexity index is 731. The predicted molar refractivity (Wildman–Crippen MR) is 77.2 cm³/mol. The molecule has 4 nitrogen and oxygen atoms in total. The van der Waals surface area contributed by atoms with Crippen LogP contribution < -0.4 is 5.73 Å². The number of fused-ring (bicyclic) bond motifs is 1. The molecule has 0 aliphatic heterocycles. The number of hydrogen-bond acceptors (Lipinski definition) is 3. The van der Waals surface area contributed by atoms with E-state index in [1.54, 1.807) is 0 Å². The maximum atomic E-state index is 5.97. The van der Waals surface area contributed by atoms with Crippen molar-refractivity contribution < 1.29 is 0 Å². The summed E-state index contributed by atoms with van der Waals surface area (Å²) in [6.45, 7) is 2.59. The van der Waals surface area contributed by atoms with E-state index in [4.69, 9.17) is 17.3 Å². The number of anilines is 1. The fraction of sp³-hybridized carbons (Fsp3) is 0.143. The average Bonchev–Trinajstić information content (AvgIpc) is 2.69. The number of aryl methyl sites for hydroxylation is 1. The van der Waals surface area contributed by atoms with Gasteiger partial charge in [-0.1, -0.05) is 23.7 Å². The van der Waals surface area contributed by atoms with Crippen LogP contribution in [0.4, 0.5) is 5.95 Å². The Morgan fingerprint density at radius 3 is 2.58 bits per heavy atom. The van der Waals surface area contributed by atoms with Crippen molar-refractivity contribution in [1.82, 2.24) is 14.5 Å².